The Morgan fingerprint density at radius 1 is 1.56 bits per heavy atom. The quantitative estimate of drug-likeness (QED) is 0.647. The Labute approximate surface area is 99.5 Å². The van der Waals surface area contributed by atoms with Crippen molar-refractivity contribution in [2.24, 2.45) is 0 Å². The standard InChI is InChI=1S/C12H13FO2S/c1-2-15-12(14)11-6-5-10(13)8-9(11)4-3-7-16/h3-6,8,16H,2,7H2,1H3. The molecule has 0 unspecified atom stereocenters. The van der Waals surface area contributed by atoms with Gasteiger partial charge in [0.1, 0.15) is 5.82 Å². The topological polar surface area (TPSA) is 26.3 Å². The molecule has 1 aromatic carbocycles. The van der Waals surface area contributed by atoms with E-state index in [9.17, 15) is 9.18 Å². The van der Waals surface area contributed by atoms with Crippen LogP contribution in [0.3, 0.4) is 0 Å². The van der Waals surface area contributed by atoms with Crippen LogP contribution in [0.4, 0.5) is 4.39 Å². The van der Waals surface area contributed by atoms with Gasteiger partial charge in [-0.1, -0.05) is 12.2 Å². The van der Waals surface area contributed by atoms with Crippen LogP contribution in [0.5, 0.6) is 0 Å². The van der Waals surface area contributed by atoms with Crippen molar-refractivity contribution in [2.75, 3.05) is 12.4 Å². The molecular weight excluding hydrogens is 227 g/mol. The van der Waals surface area contributed by atoms with Crippen molar-refractivity contribution in [3.05, 3.63) is 41.2 Å². The van der Waals surface area contributed by atoms with Crippen LogP contribution in [0.2, 0.25) is 0 Å². The van der Waals surface area contributed by atoms with E-state index in [1.807, 2.05) is 0 Å². The van der Waals surface area contributed by atoms with Gasteiger partial charge in [0.05, 0.1) is 12.2 Å². The summed E-state index contributed by atoms with van der Waals surface area (Å²) in [6, 6.07) is 3.96. The van der Waals surface area contributed by atoms with Crippen molar-refractivity contribution in [2.45, 2.75) is 6.92 Å². The minimum Gasteiger partial charge on any atom is -0.462 e. The number of carbonyl (C=O) groups excluding carboxylic acids is 1. The first-order valence-electron chi connectivity index (χ1n) is 4.93. The third kappa shape index (κ3) is 3.38. The Morgan fingerprint density at radius 3 is 2.94 bits per heavy atom. The van der Waals surface area contributed by atoms with Crippen LogP contribution in [0, 0.1) is 5.82 Å². The van der Waals surface area contributed by atoms with E-state index in [4.69, 9.17) is 4.74 Å². The van der Waals surface area contributed by atoms with Crippen molar-refractivity contribution in [1.29, 1.82) is 0 Å². The van der Waals surface area contributed by atoms with Gasteiger partial charge in [0, 0.05) is 5.75 Å². The lowest BCUT2D eigenvalue weighted by molar-refractivity contribution is 0.0526. The molecule has 16 heavy (non-hydrogen) atoms. The van der Waals surface area contributed by atoms with Gasteiger partial charge >= 0.3 is 5.97 Å². The van der Waals surface area contributed by atoms with Crippen LogP contribution in [0.25, 0.3) is 6.08 Å². The fraction of sp³-hybridized carbons (Fsp3) is 0.250. The van der Waals surface area contributed by atoms with Gasteiger partial charge in [0.2, 0.25) is 0 Å². The van der Waals surface area contributed by atoms with Gasteiger partial charge in [-0.3, -0.25) is 0 Å². The summed E-state index contributed by atoms with van der Waals surface area (Å²) in [6.45, 7) is 2.02. The molecule has 0 aromatic heterocycles. The van der Waals surface area contributed by atoms with Crippen LogP contribution in [-0.4, -0.2) is 18.3 Å². The highest BCUT2D eigenvalue weighted by Gasteiger charge is 2.11. The first kappa shape index (κ1) is 12.8. The molecule has 0 radical (unpaired) electrons. The van der Waals surface area contributed by atoms with Gasteiger partial charge in [-0.05, 0) is 30.7 Å². The predicted octanol–water partition coefficient (Wildman–Crippen LogP) is 2.95. The van der Waals surface area contributed by atoms with Gasteiger partial charge in [-0.25, -0.2) is 9.18 Å². The maximum atomic E-state index is 13.0. The molecule has 0 saturated heterocycles. The highest BCUT2D eigenvalue weighted by molar-refractivity contribution is 7.80. The molecule has 86 valence electrons. The zero-order valence-electron chi connectivity index (χ0n) is 8.94. The van der Waals surface area contributed by atoms with E-state index in [0.29, 0.717) is 23.5 Å². The summed E-state index contributed by atoms with van der Waals surface area (Å²) in [5.41, 5.74) is 0.869. The van der Waals surface area contributed by atoms with Gasteiger partial charge < -0.3 is 4.74 Å². The van der Waals surface area contributed by atoms with Crippen LogP contribution in [0.15, 0.2) is 24.3 Å². The van der Waals surface area contributed by atoms with Crippen LogP contribution in [0.1, 0.15) is 22.8 Å². The Bertz CT molecular complexity index is 402. The van der Waals surface area contributed by atoms with Gasteiger partial charge in [-0.2, -0.15) is 12.6 Å². The highest BCUT2D eigenvalue weighted by atomic mass is 32.1. The van der Waals surface area contributed by atoms with Crippen molar-refractivity contribution >= 4 is 24.7 Å². The maximum absolute atomic E-state index is 13.0. The third-order valence-electron chi connectivity index (χ3n) is 1.91. The average Bonchev–Trinajstić information content (AvgIpc) is 2.26. The average molecular weight is 240 g/mol. The van der Waals surface area contributed by atoms with E-state index in [2.05, 4.69) is 12.6 Å². The summed E-state index contributed by atoms with van der Waals surface area (Å²) < 4.78 is 17.9. The van der Waals surface area contributed by atoms with Crippen molar-refractivity contribution in [3.63, 3.8) is 0 Å². The van der Waals surface area contributed by atoms with E-state index >= 15 is 0 Å². The molecule has 4 heteroatoms. The molecule has 1 aromatic rings. The first-order valence-corrected chi connectivity index (χ1v) is 5.56. The number of benzene rings is 1. The molecule has 0 amide bonds. The monoisotopic (exact) mass is 240 g/mol. The molecule has 0 saturated carbocycles. The normalized spacial score (nSPS) is 10.7. The molecule has 0 fully saturated rings. The summed E-state index contributed by atoms with van der Waals surface area (Å²) in [4.78, 5) is 11.5. The zero-order chi connectivity index (χ0) is 12.0. The van der Waals surface area contributed by atoms with E-state index in [1.54, 1.807) is 19.1 Å². The first-order chi connectivity index (χ1) is 7.69. The number of thiol groups is 1. The minimum absolute atomic E-state index is 0.298. The number of ether oxygens (including phenoxy) is 1. The number of carbonyl (C=O) groups is 1. The molecule has 0 spiro atoms. The summed E-state index contributed by atoms with van der Waals surface area (Å²) >= 11 is 4.01. The molecule has 0 aliphatic heterocycles. The molecule has 0 aliphatic rings. The summed E-state index contributed by atoms with van der Waals surface area (Å²) in [5.74, 6) is -0.299. The molecule has 0 aliphatic carbocycles. The second-order valence-corrected chi connectivity index (χ2v) is 3.40. The Morgan fingerprint density at radius 2 is 2.31 bits per heavy atom. The number of rotatable bonds is 4. The Balaban J connectivity index is 3.06. The molecule has 1 rings (SSSR count). The van der Waals surface area contributed by atoms with Gasteiger partial charge in [0.15, 0.2) is 0 Å². The van der Waals surface area contributed by atoms with Crippen molar-refractivity contribution in [1.82, 2.24) is 0 Å². The largest absolute Gasteiger partial charge is 0.462 e. The predicted molar refractivity (Wildman–Crippen MR) is 65.2 cm³/mol. The Kier molecular flexibility index (Phi) is 5.05. The third-order valence-corrected chi connectivity index (χ3v) is 2.12. The number of hydrogen-bond donors (Lipinski definition) is 1. The summed E-state index contributed by atoms with van der Waals surface area (Å²) in [6.07, 6.45) is 3.39. The fourth-order valence-electron chi connectivity index (χ4n) is 1.25. The van der Waals surface area contributed by atoms with E-state index in [0.717, 1.165) is 0 Å². The lowest BCUT2D eigenvalue weighted by Gasteiger charge is -2.05. The van der Waals surface area contributed by atoms with Crippen LogP contribution in [-0.2, 0) is 4.74 Å². The zero-order valence-corrected chi connectivity index (χ0v) is 9.84. The molecule has 0 heterocycles. The molecular formula is C12H13FO2S. The number of hydrogen-bond acceptors (Lipinski definition) is 3. The number of halogens is 1. The van der Waals surface area contributed by atoms with Crippen molar-refractivity contribution < 1.29 is 13.9 Å². The summed E-state index contributed by atoms with van der Waals surface area (Å²) in [7, 11) is 0. The SMILES string of the molecule is CCOC(=O)c1ccc(F)cc1C=CCS. The minimum atomic E-state index is -0.443. The molecule has 0 atom stereocenters. The second kappa shape index (κ2) is 6.33. The van der Waals surface area contributed by atoms with Crippen LogP contribution >= 0.6 is 12.6 Å². The van der Waals surface area contributed by atoms with Gasteiger partial charge in [-0.15, -0.1) is 0 Å². The smallest absolute Gasteiger partial charge is 0.338 e. The summed E-state index contributed by atoms with van der Waals surface area (Å²) in [5, 5.41) is 0. The number of esters is 1. The van der Waals surface area contributed by atoms with Gasteiger partial charge in [0.25, 0.3) is 0 Å². The lowest BCUT2D eigenvalue weighted by atomic mass is 10.1. The molecule has 2 nitrogen and oxygen atoms in total. The van der Waals surface area contributed by atoms with E-state index < -0.39 is 5.97 Å². The second-order valence-electron chi connectivity index (χ2n) is 3.04. The highest BCUT2D eigenvalue weighted by Crippen LogP contribution is 2.14. The molecule has 0 bridgehead atoms. The molecule has 0 N–H and O–H groups in total. The lowest BCUT2D eigenvalue weighted by Crippen LogP contribution is -2.06. The fourth-order valence-corrected chi connectivity index (χ4v) is 1.35. The Hall–Kier alpha value is -1.29. The van der Waals surface area contributed by atoms with E-state index in [1.165, 1.54) is 18.2 Å². The van der Waals surface area contributed by atoms with Crippen LogP contribution < -0.4 is 0 Å². The van der Waals surface area contributed by atoms with Crippen molar-refractivity contribution in [3.8, 4) is 0 Å². The maximum Gasteiger partial charge on any atom is 0.338 e. The van der Waals surface area contributed by atoms with E-state index in [-0.39, 0.29) is 5.82 Å².